The van der Waals surface area contributed by atoms with Crippen LogP contribution in [0.4, 0.5) is 4.39 Å². The third-order valence-electron chi connectivity index (χ3n) is 4.92. The van der Waals surface area contributed by atoms with E-state index in [4.69, 9.17) is 0 Å². The van der Waals surface area contributed by atoms with Crippen LogP contribution >= 0.6 is 22.7 Å². The van der Waals surface area contributed by atoms with Crippen LogP contribution in [0.15, 0.2) is 76.2 Å². The van der Waals surface area contributed by atoms with Crippen LogP contribution in [0.3, 0.4) is 0 Å². The van der Waals surface area contributed by atoms with E-state index in [0.29, 0.717) is 23.5 Å². The minimum absolute atomic E-state index is 0.135. The van der Waals surface area contributed by atoms with Crippen molar-refractivity contribution in [2.75, 3.05) is 6.54 Å². The molecule has 2 aromatic heterocycles. The van der Waals surface area contributed by atoms with Crippen molar-refractivity contribution in [3.8, 4) is 16.9 Å². The lowest BCUT2D eigenvalue weighted by Gasteiger charge is -2.10. The number of thiazole rings is 1. The van der Waals surface area contributed by atoms with Gasteiger partial charge in [0.1, 0.15) is 5.82 Å². The van der Waals surface area contributed by atoms with Crippen molar-refractivity contribution in [3.63, 3.8) is 0 Å². The highest BCUT2D eigenvalue weighted by molar-refractivity contribution is 7.09. The molecule has 0 saturated carbocycles. The number of aryl methyl sites for hydroxylation is 1. The van der Waals surface area contributed by atoms with E-state index in [2.05, 4.69) is 22.8 Å². The first-order valence-corrected chi connectivity index (χ1v) is 11.8. The van der Waals surface area contributed by atoms with Gasteiger partial charge in [0.2, 0.25) is 0 Å². The molecular formula is C24H21FN2O2S2. The SMILES string of the molecule is O=C(NCCCCc1cccs1)c1cccc(-c2csc(=O)n2-c2ccc(F)cc2)c1. The average molecular weight is 453 g/mol. The van der Waals surface area contributed by atoms with Gasteiger partial charge in [-0.2, -0.15) is 0 Å². The number of halogens is 1. The minimum Gasteiger partial charge on any atom is -0.352 e. The molecule has 0 saturated heterocycles. The van der Waals surface area contributed by atoms with E-state index in [1.807, 2.05) is 6.07 Å². The molecule has 0 spiro atoms. The lowest BCUT2D eigenvalue weighted by molar-refractivity contribution is 0.0953. The highest BCUT2D eigenvalue weighted by Crippen LogP contribution is 2.24. The van der Waals surface area contributed by atoms with Crippen LogP contribution < -0.4 is 10.2 Å². The first kappa shape index (κ1) is 21.2. The zero-order valence-electron chi connectivity index (χ0n) is 16.7. The Morgan fingerprint density at radius 3 is 2.61 bits per heavy atom. The Balaban J connectivity index is 1.44. The molecule has 0 radical (unpaired) electrons. The largest absolute Gasteiger partial charge is 0.352 e. The van der Waals surface area contributed by atoms with Gasteiger partial charge in [0.05, 0.1) is 11.4 Å². The van der Waals surface area contributed by atoms with Gasteiger partial charge in [0.25, 0.3) is 5.91 Å². The minimum atomic E-state index is -0.359. The number of rotatable bonds is 8. The fraction of sp³-hybridized carbons (Fsp3) is 0.167. The van der Waals surface area contributed by atoms with Crippen LogP contribution in [0.25, 0.3) is 16.9 Å². The Labute approximate surface area is 187 Å². The van der Waals surface area contributed by atoms with Crippen molar-refractivity contribution >= 4 is 28.6 Å². The zero-order valence-corrected chi connectivity index (χ0v) is 18.3. The summed E-state index contributed by atoms with van der Waals surface area (Å²) in [5.41, 5.74) is 2.56. The number of amides is 1. The predicted molar refractivity (Wildman–Crippen MR) is 125 cm³/mol. The van der Waals surface area contributed by atoms with E-state index in [9.17, 15) is 14.0 Å². The molecule has 158 valence electrons. The van der Waals surface area contributed by atoms with E-state index in [-0.39, 0.29) is 16.6 Å². The highest BCUT2D eigenvalue weighted by atomic mass is 32.1. The van der Waals surface area contributed by atoms with Gasteiger partial charge in [-0.25, -0.2) is 4.39 Å². The third-order valence-corrected chi connectivity index (χ3v) is 6.58. The molecule has 2 aromatic carbocycles. The number of thiophene rings is 1. The molecule has 1 N–H and O–H groups in total. The van der Waals surface area contributed by atoms with Gasteiger partial charge in [0, 0.05) is 27.9 Å². The summed E-state index contributed by atoms with van der Waals surface area (Å²) < 4.78 is 14.8. The second-order valence-electron chi connectivity index (χ2n) is 7.07. The molecule has 2 heterocycles. The number of aromatic nitrogens is 1. The van der Waals surface area contributed by atoms with Crippen LogP contribution in [0.5, 0.6) is 0 Å². The molecule has 0 aliphatic carbocycles. The van der Waals surface area contributed by atoms with Gasteiger partial charge in [0.15, 0.2) is 0 Å². The third kappa shape index (κ3) is 5.18. The van der Waals surface area contributed by atoms with E-state index >= 15 is 0 Å². The summed E-state index contributed by atoms with van der Waals surface area (Å²) in [5, 5.41) is 6.81. The topological polar surface area (TPSA) is 51.1 Å². The molecule has 0 unspecified atom stereocenters. The van der Waals surface area contributed by atoms with Crippen LogP contribution in [0.2, 0.25) is 0 Å². The standard InChI is InChI=1S/C24H21FN2O2S2/c25-19-9-11-20(12-10-19)27-22(16-31-24(27)29)17-5-3-6-18(15-17)23(28)26-13-2-1-7-21-8-4-14-30-21/h3-6,8-12,14-16H,1-2,7,13H2,(H,26,28). The summed E-state index contributed by atoms with van der Waals surface area (Å²) in [7, 11) is 0. The molecule has 31 heavy (non-hydrogen) atoms. The molecule has 0 bridgehead atoms. The van der Waals surface area contributed by atoms with Crippen LogP contribution in [0, 0.1) is 5.82 Å². The quantitative estimate of drug-likeness (QED) is 0.358. The molecule has 7 heteroatoms. The van der Waals surface area contributed by atoms with E-state index in [1.54, 1.807) is 47.0 Å². The number of benzene rings is 2. The fourth-order valence-corrected chi connectivity index (χ4v) is 4.86. The predicted octanol–water partition coefficient (Wildman–Crippen LogP) is 5.52. The molecule has 0 aliphatic heterocycles. The first-order valence-electron chi connectivity index (χ1n) is 9.99. The molecule has 4 aromatic rings. The lowest BCUT2D eigenvalue weighted by atomic mass is 10.1. The van der Waals surface area contributed by atoms with Crippen molar-refractivity contribution in [1.29, 1.82) is 0 Å². The van der Waals surface area contributed by atoms with Gasteiger partial charge in [-0.05, 0) is 67.1 Å². The monoisotopic (exact) mass is 452 g/mol. The van der Waals surface area contributed by atoms with Crippen molar-refractivity contribution in [3.05, 3.63) is 97.3 Å². The van der Waals surface area contributed by atoms with E-state index in [1.165, 1.54) is 21.6 Å². The maximum Gasteiger partial charge on any atom is 0.312 e. The number of hydrogen-bond donors (Lipinski definition) is 1. The molecule has 4 rings (SSSR count). The number of hydrogen-bond acceptors (Lipinski definition) is 4. The van der Waals surface area contributed by atoms with Gasteiger partial charge in [-0.15, -0.1) is 11.3 Å². The number of carbonyl (C=O) groups excluding carboxylic acids is 1. The first-order chi connectivity index (χ1) is 15.1. The second kappa shape index (κ2) is 9.85. The zero-order chi connectivity index (χ0) is 21.6. The van der Waals surface area contributed by atoms with Gasteiger partial charge >= 0.3 is 4.87 Å². The van der Waals surface area contributed by atoms with Crippen LogP contribution in [0.1, 0.15) is 28.1 Å². The van der Waals surface area contributed by atoms with Gasteiger partial charge in [-0.3, -0.25) is 14.2 Å². The summed E-state index contributed by atoms with van der Waals surface area (Å²) in [6, 6.07) is 17.2. The molecule has 4 nitrogen and oxygen atoms in total. The summed E-state index contributed by atoms with van der Waals surface area (Å²) >= 11 is 2.83. The smallest absolute Gasteiger partial charge is 0.312 e. The van der Waals surface area contributed by atoms with E-state index < -0.39 is 0 Å². The highest BCUT2D eigenvalue weighted by Gasteiger charge is 2.13. The van der Waals surface area contributed by atoms with Crippen molar-refractivity contribution in [1.82, 2.24) is 9.88 Å². The van der Waals surface area contributed by atoms with Crippen molar-refractivity contribution < 1.29 is 9.18 Å². The lowest BCUT2D eigenvalue weighted by Crippen LogP contribution is -2.24. The Morgan fingerprint density at radius 1 is 1.00 bits per heavy atom. The summed E-state index contributed by atoms with van der Waals surface area (Å²) in [6.45, 7) is 0.618. The van der Waals surface area contributed by atoms with E-state index in [0.717, 1.165) is 36.2 Å². The van der Waals surface area contributed by atoms with Gasteiger partial charge in [-0.1, -0.05) is 29.5 Å². The molecule has 0 aliphatic rings. The average Bonchev–Trinajstić information content (AvgIpc) is 3.44. The normalized spacial score (nSPS) is 10.9. The Bertz CT molecular complexity index is 1210. The Morgan fingerprint density at radius 2 is 1.84 bits per heavy atom. The van der Waals surface area contributed by atoms with Crippen LogP contribution in [-0.4, -0.2) is 17.0 Å². The number of unbranched alkanes of at least 4 members (excludes halogenated alkanes) is 1. The summed E-state index contributed by atoms with van der Waals surface area (Å²) in [6.07, 6.45) is 2.97. The van der Waals surface area contributed by atoms with Crippen molar-refractivity contribution in [2.24, 2.45) is 0 Å². The summed E-state index contributed by atoms with van der Waals surface area (Å²) in [4.78, 5) is 26.2. The molecule has 0 fully saturated rings. The number of nitrogens with one attached hydrogen (secondary N) is 1. The molecule has 1 amide bonds. The molecular weight excluding hydrogens is 431 g/mol. The maximum absolute atomic E-state index is 13.3. The van der Waals surface area contributed by atoms with Crippen molar-refractivity contribution in [2.45, 2.75) is 19.3 Å². The summed E-state index contributed by atoms with van der Waals surface area (Å²) in [5.74, 6) is -0.494. The maximum atomic E-state index is 13.3. The number of nitrogens with zero attached hydrogens (tertiary/aromatic N) is 1. The van der Waals surface area contributed by atoms with Gasteiger partial charge < -0.3 is 5.32 Å². The second-order valence-corrected chi connectivity index (χ2v) is 8.92. The Hall–Kier alpha value is -3.03. The number of carbonyl (C=O) groups is 1. The van der Waals surface area contributed by atoms with Crippen LogP contribution in [-0.2, 0) is 6.42 Å². The Kier molecular flexibility index (Phi) is 6.74. The molecule has 0 atom stereocenters. The fourth-order valence-electron chi connectivity index (χ4n) is 3.34.